The van der Waals surface area contributed by atoms with E-state index in [1.54, 1.807) is 0 Å². The highest BCUT2D eigenvalue weighted by Crippen LogP contribution is 2.25. The second kappa shape index (κ2) is 10.9. The Morgan fingerprint density at radius 1 is 1.35 bits per heavy atom. The summed E-state index contributed by atoms with van der Waals surface area (Å²) in [6.45, 7) is 7.20. The van der Waals surface area contributed by atoms with Crippen molar-refractivity contribution in [3.63, 3.8) is 0 Å². The molecule has 2 aromatic heterocycles. The lowest BCUT2D eigenvalue weighted by Crippen LogP contribution is -2.44. The van der Waals surface area contributed by atoms with E-state index in [1.165, 1.54) is 23.6 Å². The van der Waals surface area contributed by atoms with Crippen LogP contribution in [0.4, 0.5) is 16.8 Å². The van der Waals surface area contributed by atoms with Crippen LogP contribution in [0.3, 0.4) is 0 Å². The maximum atomic E-state index is 11.1. The van der Waals surface area contributed by atoms with Crippen LogP contribution < -0.4 is 20.3 Å². The molecule has 0 aromatic carbocycles. The average molecular weight is 439 g/mol. The third-order valence-corrected chi connectivity index (χ3v) is 5.12. The highest BCUT2D eigenvalue weighted by atomic mass is 32.1. The van der Waals surface area contributed by atoms with E-state index in [-0.39, 0.29) is 25.1 Å². The van der Waals surface area contributed by atoms with Crippen molar-refractivity contribution in [1.29, 1.82) is 5.26 Å². The van der Waals surface area contributed by atoms with Crippen LogP contribution in [-0.4, -0.2) is 72.1 Å². The number of hydrogen-bond donors (Lipinski definition) is 2. The first-order valence-electron chi connectivity index (χ1n) is 9.51. The molecule has 3 heterocycles. The van der Waals surface area contributed by atoms with Gasteiger partial charge in [-0.1, -0.05) is 29.8 Å². The summed E-state index contributed by atoms with van der Waals surface area (Å²) in [4.78, 5) is 29.1. The number of piperazine rings is 1. The van der Waals surface area contributed by atoms with Gasteiger partial charge in [0.25, 0.3) is 0 Å². The van der Waals surface area contributed by atoms with Crippen LogP contribution in [0.15, 0.2) is 24.9 Å². The SMILES string of the molecule is C=CC(=O)NCC#CCOc1nc(Nc2ncc(C#N)s2)cc(N2CCN(C)CC2)n1. The molecule has 0 spiro atoms. The summed E-state index contributed by atoms with van der Waals surface area (Å²) in [5.74, 6) is 6.57. The summed E-state index contributed by atoms with van der Waals surface area (Å²) in [5, 5.41) is 15.2. The molecular weight excluding hydrogens is 416 g/mol. The van der Waals surface area contributed by atoms with Gasteiger partial charge in [-0.25, -0.2) is 4.98 Å². The first-order valence-corrected chi connectivity index (χ1v) is 10.3. The Morgan fingerprint density at radius 3 is 2.87 bits per heavy atom. The number of hydrogen-bond acceptors (Lipinski definition) is 10. The number of nitriles is 1. The number of nitrogens with one attached hydrogen (secondary N) is 2. The third-order valence-electron chi connectivity index (χ3n) is 4.31. The number of likely N-dealkylation sites (N-methyl/N-ethyl adjacent to an activating group) is 1. The molecule has 2 aromatic rings. The molecule has 0 unspecified atom stereocenters. The molecule has 1 amide bonds. The molecule has 1 aliphatic rings. The van der Waals surface area contributed by atoms with E-state index >= 15 is 0 Å². The van der Waals surface area contributed by atoms with E-state index in [2.05, 4.69) is 66.9 Å². The molecule has 0 bridgehead atoms. The Hall–Kier alpha value is -3.67. The molecule has 3 rings (SSSR count). The number of nitrogens with zero attached hydrogens (tertiary/aromatic N) is 6. The largest absolute Gasteiger partial charge is 0.450 e. The fourth-order valence-electron chi connectivity index (χ4n) is 2.65. The van der Waals surface area contributed by atoms with E-state index in [0.717, 1.165) is 32.0 Å². The van der Waals surface area contributed by atoms with E-state index < -0.39 is 0 Å². The molecule has 1 fully saturated rings. The summed E-state index contributed by atoms with van der Waals surface area (Å²) < 4.78 is 5.62. The van der Waals surface area contributed by atoms with Gasteiger partial charge in [0.05, 0.1) is 12.7 Å². The van der Waals surface area contributed by atoms with Crippen molar-refractivity contribution in [3.05, 3.63) is 29.8 Å². The van der Waals surface area contributed by atoms with Crippen LogP contribution in [0.1, 0.15) is 4.88 Å². The smallest absolute Gasteiger partial charge is 0.321 e. The van der Waals surface area contributed by atoms with Crippen LogP contribution in [0, 0.1) is 23.2 Å². The van der Waals surface area contributed by atoms with Crippen molar-refractivity contribution >= 4 is 34.0 Å². The maximum absolute atomic E-state index is 11.1. The number of anilines is 3. The van der Waals surface area contributed by atoms with Gasteiger partial charge in [0.15, 0.2) is 11.7 Å². The van der Waals surface area contributed by atoms with Crippen LogP contribution in [-0.2, 0) is 4.79 Å². The van der Waals surface area contributed by atoms with Gasteiger partial charge < -0.3 is 25.2 Å². The number of carbonyl (C=O) groups excluding carboxylic acids is 1. The van der Waals surface area contributed by atoms with Crippen LogP contribution in [0.2, 0.25) is 0 Å². The number of amides is 1. The quantitative estimate of drug-likeness (QED) is 0.482. The summed E-state index contributed by atoms with van der Waals surface area (Å²) in [5.41, 5.74) is 0. The molecule has 1 aliphatic heterocycles. The Labute approximate surface area is 184 Å². The van der Waals surface area contributed by atoms with E-state index in [4.69, 9.17) is 10.00 Å². The second-order valence-corrected chi connectivity index (χ2v) is 7.55. The standard InChI is InChI=1S/C20H22N8O2S/c1-3-18(29)22-6-4-5-11-30-19-24-16(25-20-23-14-15(13-21)31-20)12-17(26-19)28-9-7-27(2)8-10-28/h3,12,14H,1,6-11H2,2H3,(H,22,29)(H,23,24,25,26). The van der Waals surface area contributed by atoms with Gasteiger partial charge in [-0.2, -0.15) is 15.2 Å². The second-order valence-electron chi connectivity index (χ2n) is 6.51. The molecule has 2 N–H and O–H groups in total. The third kappa shape index (κ3) is 6.67. The predicted molar refractivity (Wildman–Crippen MR) is 118 cm³/mol. The summed E-state index contributed by atoms with van der Waals surface area (Å²) in [6.07, 6.45) is 2.69. The Kier molecular flexibility index (Phi) is 7.76. The minimum absolute atomic E-state index is 0.0748. The van der Waals surface area contributed by atoms with Gasteiger partial charge in [-0.05, 0) is 13.1 Å². The zero-order valence-electron chi connectivity index (χ0n) is 17.1. The first-order chi connectivity index (χ1) is 15.1. The lowest BCUT2D eigenvalue weighted by Gasteiger charge is -2.33. The number of rotatable bonds is 7. The molecule has 0 saturated carbocycles. The first kappa shape index (κ1) is 22.0. The molecule has 160 valence electrons. The molecule has 10 nitrogen and oxygen atoms in total. The van der Waals surface area contributed by atoms with Crippen molar-refractivity contribution in [2.45, 2.75) is 0 Å². The maximum Gasteiger partial charge on any atom is 0.321 e. The Bertz CT molecular complexity index is 1030. The molecular formula is C20H22N8O2S. The fourth-order valence-corrected chi connectivity index (χ4v) is 3.27. The van der Waals surface area contributed by atoms with Gasteiger partial charge in [0.1, 0.15) is 22.6 Å². The van der Waals surface area contributed by atoms with Crippen molar-refractivity contribution in [3.8, 4) is 23.9 Å². The molecule has 0 radical (unpaired) electrons. The zero-order chi connectivity index (χ0) is 22.1. The number of aromatic nitrogens is 3. The van der Waals surface area contributed by atoms with Crippen LogP contribution >= 0.6 is 11.3 Å². The normalized spacial score (nSPS) is 13.5. The predicted octanol–water partition coefficient (Wildman–Crippen LogP) is 0.985. The van der Waals surface area contributed by atoms with Gasteiger partial charge in [-0.15, -0.1) is 0 Å². The molecule has 31 heavy (non-hydrogen) atoms. The van der Waals surface area contributed by atoms with Gasteiger partial charge >= 0.3 is 6.01 Å². The van der Waals surface area contributed by atoms with Crippen molar-refractivity contribution < 1.29 is 9.53 Å². The van der Waals surface area contributed by atoms with Crippen LogP contribution in [0.25, 0.3) is 0 Å². The number of ether oxygens (including phenoxy) is 1. The van der Waals surface area contributed by atoms with Gasteiger partial charge in [0, 0.05) is 32.2 Å². The minimum Gasteiger partial charge on any atom is -0.450 e. The van der Waals surface area contributed by atoms with Crippen LogP contribution in [0.5, 0.6) is 6.01 Å². The zero-order valence-corrected chi connectivity index (χ0v) is 17.9. The van der Waals surface area contributed by atoms with Crippen molar-refractivity contribution in [2.24, 2.45) is 0 Å². The number of carbonyl (C=O) groups is 1. The summed E-state index contributed by atoms with van der Waals surface area (Å²) >= 11 is 1.24. The topological polar surface area (TPSA) is 119 Å². The van der Waals surface area contributed by atoms with Gasteiger partial charge in [0.2, 0.25) is 5.91 Å². The summed E-state index contributed by atoms with van der Waals surface area (Å²) in [6, 6.07) is 4.08. The van der Waals surface area contributed by atoms with Crippen molar-refractivity contribution in [1.82, 2.24) is 25.2 Å². The van der Waals surface area contributed by atoms with E-state index in [0.29, 0.717) is 15.8 Å². The average Bonchev–Trinajstić information content (AvgIpc) is 3.23. The molecule has 0 atom stereocenters. The monoisotopic (exact) mass is 438 g/mol. The minimum atomic E-state index is -0.282. The summed E-state index contributed by atoms with van der Waals surface area (Å²) in [7, 11) is 2.09. The highest BCUT2D eigenvalue weighted by Gasteiger charge is 2.18. The Balaban J connectivity index is 1.71. The lowest BCUT2D eigenvalue weighted by molar-refractivity contribution is -0.116. The van der Waals surface area contributed by atoms with E-state index in [9.17, 15) is 4.79 Å². The van der Waals surface area contributed by atoms with Gasteiger partial charge in [-0.3, -0.25) is 4.79 Å². The van der Waals surface area contributed by atoms with Crippen molar-refractivity contribution in [2.75, 3.05) is 56.6 Å². The molecule has 0 aliphatic carbocycles. The molecule has 11 heteroatoms. The lowest BCUT2D eigenvalue weighted by atomic mass is 10.3. The van der Waals surface area contributed by atoms with E-state index in [1.807, 2.05) is 6.07 Å². The number of thiazole rings is 1. The fraction of sp³-hybridized carbons (Fsp3) is 0.350. The Morgan fingerprint density at radius 2 is 2.16 bits per heavy atom. The molecule has 1 saturated heterocycles. The highest BCUT2D eigenvalue weighted by molar-refractivity contribution is 7.16.